The van der Waals surface area contributed by atoms with Gasteiger partial charge in [-0.1, -0.05) is 18.2 Å². The number of nitrogens with zero attached hydrogens (tertiary/aromatic N) is 3. The minimum Gasteiger partial charge on any atom is -0.462 e. The van der Waals surface area contributed by atoms with Crippen LogP contribution in [0.5, 0.6) is 5.88 Å². The minimum atomic E-state index is -4.18. The Kier molecular flexibility index (Phi) is 9.61. The van der Waals surface area contributed by atoms with Crippen molar-refractivity contribution in [2.75, 3.05) is 31.2 Å². The van der Waals surface area contributed by atoms with Crippen LogP contribution in [-0.2, 0) is 14.6 Å². The molecular weight excluding hydrogens is 554 g/mol. The molecule has 0 atom stereocenters. The van der Waals surface area contributed by atoms with Gasteiger partial charge in [0.25, 0.3) is 9.84 Å². The summed E-state index contributed by atoms with van der Waals surface area (Å²) in [7, 11) is -4.18. The van der Waals surface area contributed by atoms with Crippen LogP contribution < -0.4 is 20.2 Å². The molecule has 4 rings (SSSR count). The van der Waals surface area contributed by atoms with Crippen molar-refractivity contribution in [1.29, 1.82) is 0 Å². The molecule has 0 spiro atoms. The van der Waals surface area contributed by atoms with E-state index >= 15 is 0 Å². The monoisotopic (exact) mass is 585 g/mol. The van der Waals surface area contributed by atoms with Crippen molar-refractivity contribution in [3.63, 3.8) is 0 Å². The molecule has 0 unspecified atom stereocenters. The second-order valence-corrected chi connectivity index (χ2v) is 11.0. The lowest BCUT2D eigenvalue weighted by atomic mass is 10.1. The van der Waals surface area contributed by atoms with E-state index in [0.29, 0.717) is 36.7 Å². The fraction of sp³-hybridized carbons (Fsp3) is 0.357. The molecule has 0 amide bonds. The molecule has 0 saturated carbocycles. The van der Waals surface area contributed by atoms with E-state index in [9.17, 15) is 23.2 Å². The van der Waals surface area contributed by atoms with Gasteiger partial charge < -0.3 is 24.0 Å². The zero-order valence-corrected chi connectivity index (χ0v) is 23.6. The number of fused-ring (bicyclic) bond motifs is 1. The molecule has 12 nitrogen and oxygen atoms in total. The molecule has 41 heavy (non-hydrogen) atoms. The summed E-state index contributed by atoms with van der Waals surface area (Å²) in [5.41, 5.74) is 0.418. The van der Waals surface area contributed by atoms with E-state index in [0.717, 1.165) is 18.8 Å². The number of unbranched alkanes of at least 4 members (excludes halogenated alkanes) is 3. The molecule has 0 aliphatic rings. The maximum atomic E-state index is 12.8. The number of carbonyl (C=O) groups excluding carboxylic acids is 1. The maximum Gasteiger partial charge on any atom is 0.414 e. The summed E-state index contributed by atoms with van der Waals surface area (Å²) in [6.07, 6.45) is 2.40. The van der Waals surface area contributed by atoms with Crippen LogP contribution in [0, 0.1) is 5.21 Å². The highest BCUT2D eigenvalue weighted by Crippen LogP contribution is 2.25. The molecular formula is C28H31N3O9S. The van der Waals surface area contributed by atoms with Gasteiger partial charge in [-0.25, -0.2) is 18.0 Å². The van der Waals surface area contributed by atoms with E-state index in [1.807, 2.05) is 19.9 Å². The smallest absolute Gasteiger partial charge is 0.414 e. The number of carbonyl (C=O) groups is 1. The Hall–Kier alpha value is -4.39. The van der Waals surface area contributed by atoms with Crippen LogP contribution in [0.25, 0.3) is 11.0 Å². The van der Waals surface area contributed by atoms with Gasteiger partial charge >= 0.3 is 22.5 Å². The number of ether oxygens (including phenoxy) is 2. The maximum absolute atomic E-state index is 12.8. The molecule has 0 fully saturated rings. The van der Waals surface area contributed by atoms with Crippen molar-refractivity contribution in [3.05, 3.63) is 75.8 Å². The molecule has 2 aromatic heterocycles. The van der Waals surface area contributed by atoms with E-state index in [2.05, 4.69) is 14.7 Å². The van der Waals surface area contributed by atoms with Crippen LogP contribution in [0.3, 0.4) is 0 Å². The Morgan fingerprint density at radius 3 is 2.41 bits per heavy atom. The first-order valence-electron chi connectivity index (χ1n) is 13.3. The van der Waals surface area contributed by atoms with Gasteiger partial charge in [-0.2, -0.15) is 0 Å². The van der Waals surface area contributed by atoms with Crippen LogP contribution in [-0.4, -0.2) is 45.8 Å². The topological polar surface area (TPSA) is 156 Å². The average Bonchev–Trinajstić information content (AvgIpc) is 3.35. The third-order valence-corrected chi connectivity index (χ3v) is 8.16. The zero-order chi connectivity index (χ0) is 29.4. The van der Waals surface area contributed by atoms with Crippen LogP contribution >= 0.6 is 0 Å². The summed E-state index contributed by atoms with van der Waals surface area (Å²) < 4.78 is 46.1. The zero-order valence-electron chi connectivity index (χ0n) is 22.8. The van der Waals surface area contributed by atoms with E-state index in [-0.39, 0.29) is 28.6 Å². The Morgan fingerprint density at radius 2 is 1.71 bits per heavy atom. The average molecular weight is 586 g/mol. The number of anilines is 1. The molecule has 0 N–H and O–H groups in total. The molecule has 0 aliphatic heterocycles. The summed E-state index contributed by atoms with van der Waals surface area (Å²) in [6.45, 7) is 5.90. The number of sulfone groups is 1. The van der Waals surface area contributed by atoms with Crippen molar-refractivity contribution in [1.82, 2.24) is 5.16 Å². The van der Waals surface area contributed by atoms with Crippen molar-refractivity contribution >= 4 is 32.5 Å². The first-order chi connectivity index (χ1) is 19.8. The fourth-order valence-electron chi connectivity index (χ4n) is 4.24. The number of benzene rings is 2. The summed E-state index contributed by atoms with van der Waals surface area (Å²) in [6, 6.07) is 14.4. The predicted molar refractivity (Wildman–Crippen MR) is 148 cm³/mol. The third kappa shape index (κ3) is 6.85. The van der Waals surface area contributed by atoms with Gasteiger partial charge in [0.2, 0.25) is 0 Å². The van der Waals surface area contributed by atoms with Gasteiger partial charge in [0.15, 0.2) is 0 Å². The highest BCUT2D eigenvalue weighted by Gasteiger charge is 2.35. The SMILES string of the molecule is CCN(CC)c1ccc2cc(C(=O)OCCCCCCOc3no[n+]([O-])c3S(=O)(=O)c3ccccc3)c(=O)oc2c1. The fourth-order valence-corrected chi connectivity index (χ4v) is 5.53. The normalized spacial score (nSPS) is 11.5. The van der Waals surface area contributed by atoms with E-state index in [1.165, 1.54) is 30.3 Å². The second-order valence-electron chi connectivity index (χ2n) is 9.10. The van der Waals surface area contributed by atoms with Gasteiger partial charge in [0.05, 0.1) is 23.3 Å². The van der Waals surface area contributed by atoms with Gasteiger partial charge in [0, 0.05) is 30.2 Å². The van der Waals surface area contributed by atoms with Crippen molar-refractivity contribution in [2.45, 2.75) is 49.5 Å². The lowest BCUT2D eigenvalue weighted by molar-refractivity contribution is -0.832. The Balaban J connectivity index is 1.22. The summed E-state index contributed by atoms with van der Waals surface area (Å²) in [5, 5.41) is 15.3. The van der Waals surface area contributed by atoms with Gasteiger partial charge in [-0.3, -0.25) is 4.63 Å². The molecule has 0 aliphatic carbocycles. The molecule has 0 saturated heterocycles. The first kappa shape index (κ1) is 29.6. The number of aromatic nitrogens is 2. The summed E-state index contributed by atoms with van der Waals surface area (Å²) in [4.78, 5) is 26.8. The standard InChI is InChI=1S/C28H31N3O9S/c1-3-30(4-2)21-15-14-20-18-23(28(33)39-24(20)19-21)27(32)38-17-11-6-5-10-16-37-25-26(31(34)40-29-25)41(35,36)22-12-8-7-9-13-22/h7-9,12-15,18-19H,3-6,10-11,16-17H2,1-2H3. The Bertz CT molecular complexity index is 1650. The Morgan fingerprint density at radius 1 is 1.00 bits per heavy atom. The molecule has 0 bridgehead atoms. The molecule has 4 aromatic rings. The third-order valence-electron chi connectivity index (χ3n) is 6.43. The lowest BCUT2D eigenvalue weighted by Crippen LogP contribution is -2.30. The quantitative estimate of drug-likeness (QED) is 0.0915. The second kappa shape index (κ2) is 13.3. The van der Waals surface area contributed by atoms with Crippen molar-refractivity contribution in [3.8, 4) is 5.88 Å². The molecule has 218 valence electrons. The largest absolute Gasteiger partial charge is 0.462 e. The van der Waals surface area contributed by atoms with Crippen LogP contribution in [0.15, 0.2) is 78.4 Å². The highest BCUT2D eigenvalue weighted by molar-refractivity contribution is 7.91. The number of hydrogen-bond donors (Lipinski definition) is 0. The van der Waals surface area contributed by atoms with Crippen molar-refractivity contribution in [2.24, 2.45) is 0 Å². The van der Waals surface area contributed by atoms with Crippen LogP contribution in [0.1, 0.15) is 49.9 Å². The lowest BCUT2D eigenvalue weighted by Gasteiger charge is -2.20. The molecule has 2 heterocycles. The molecule has 2 aromatic carbocycles. The minimum absolute atomic E-state index is 0.0851. The first-order valence-corrected chi connectivity index (χ1v) is 14.8. The van der Waals surface area contributed by atoms with E-state index in [1.54, 1.807) is 18.2 Å². The van der Waals surface area contributed by atoms with Crippen LogP contribution in [0.4, 0.5) is 5.69 Å². The van der Waals surface area contributed by atoms with E-state index < -0.39 is 32.3 Å². The Labute approximate surface area is 236 Å². The number of hydrogen-bond acceptors (Lipinski definition) is 11. The van der Waals surface area contributed by atoms with Crippen LogP contribution in [0.2, 0.25) is 0 Å². The highest BCUT2D eigenvalue weighted by atomic mass is 32.2. The van der Waals surface area contributed by atoms with Gasteiger partial charge in [-0.15, -0.1) is 0 Å². The van der Waals surface area contributed by atoms with Gasteiger partial charge in [0.1, 0.15) is 11.1 Å². The number of rotatable bonds is 14. The van der Waals surface area contributed by atoms with Gasteiger partial charge in [-0.05, 0) is 74.8 Å². The summed E-state index contributed by atoms with van der Waals surface area (Å²) in [5.74, 6) is -1.16. The van der Waals surface area contributed by atoms with Crippen molar-refractivity contribution < 1.29 is 36.6 Å². The predicted octanol–water partition coefficient (Wildman–Crippen LogP) is 3.89. The molecule has 13 heteroatoms. The number of esters is 1. The summed E-state index contributed by atoms with van der Waals surface area (Å²) >= 11 is 0. The molecule has 0 radical (unpaired) electrons. The van der Waals surface area contributed by atoms with E-state index in [4.69, 9.17) is 13.9 Å².